The predicted molar refractivity (Wildman–Crippen MR) is 118 cm³/mol. The van der Waals surface area contributed by atoms with E-state index in [1.165, 1.54) is 12.1 Å². The molecule has 0 saturated heterocycles. The number of aliphatic imine (C=N–C) groups is 1. The standard InChI is InChI=1S/C18H21F4N5OS.HI/c1-2-24-17(26-9-15-27-14(10-29-15)18(20,21)22)25-8-12(16(23)28)7-11-3-5-13(19)6-4-11;/h3-6,10,12H,2,7-9H2,1H3,(H2,23,28)(H2,24,25,26);1H. The molecule has 1 atom stereocenters. The number of primary amides is 1. The Morgan fingerprint density at radius 3 is 2.47 bits per heavy atom. The van der Waals surface area contributed by atoms with Gasteiger partial charge in [-0.05, 0) is 31.0 Å². The third-order valence-corrected chi connectivity index (χ3v) is 4.71. The molecule has 1 heterocycles. The van der Waals surface area contributed by atoms with Gasteiger partial charge in [-0.2, -0.15) is 13.2 Å². The molecule has 0 fully saturated rings. The van der Waals surface area contributed by atoms with E-state index in [-0.39, 0.29) is 47.9 Å². The summed E-state index contributed by atoms with van der Waals surface area (Å²) in [4.78, 5) is 19.5. The Kier molecular flexibility index (Phi) is 10.5. The van der Waals surface area contributed by atoms with Gasteiger partial charge in [0.2, 0.25) is 5.91 Å². The molecule has 2 rings (SSSR count). The molecular formula is C18H22F4IN5OS. The van der Waals surface area contributed by atoms with Gasteiger partial charge in [-0.1, -0.05) is 12.1 Å². The van der Waals surface area contributed by atoms with Crippen LogP contribution in [-0.4, -0.2) is 29.9 Å². The van der Waals surface area contributed by atoms with Gasteiger partial charge in [0.25, 0.3) is 0 Å². The lowest BCUT2D eigenvalue weighted by atomic mass is 9.98. The third-order valence-electron chi connectivity index (χ3n) is 3.87. The first-order valence-corrected chi connectivity index (χ1v) is 9.64. The summed E-state index contributed by atoms with van der Waals surface area (Å²) in [7, 11) is 0. The summed E-state index contributed by atoms with van der Waals surface area (Å²) >= 11 is 0.870. The minimum absolute atomic E-state index is 0. The molecule has 166 valence electrons. The lowest BCUT2D eigenvalue weighted by Crippen LogP contribution is -2.43. The second kappa shape index (κ2) is 12.0. The Morgan fingerprint density at radius 2 is 1.93 bits per heavy atom. The number of rotatable bonds is 8. The smallest absolute Gasteiger partial charge is 0.369 e. The van der Waals surface area contributed by atoms with Crippen LogP contribution in [0.3, 0.4) is 0 Å². The van der Waals surface area contributed by atoms with E-state index >= 15 is 0 Å². The molecule has 0 bridgehead atoms. The SMILES string of the molecule is CCNC(=NCc1nc(C(F)(F)F)cs1)NCC(Cc1ccc(F)cc1)C(N)=O.I. The molecule has 2 aromatic rings. The molecule has 4 N–H and O–H groups in total. The van der Waals surface area contributed by atoms with Crippen LogP contribution >= 0.6 is 35.3 Å². The molecule has 0 spiro atoms. The van der Waals surface area contributed by atoms with Gasteiger partial charge in [-0.25, -0.2) is 14.4 Å². The van der Waals surface area contributed by atoms with Crippen LogP contribution in [-0.2, 0) is 23.9 Å². The number of nitrogens with one attached hydrogen (secondary N) is 2. The lowest BCUT2D eigenvalue weighted by Gasteiger charge is -2.17. The van der Waals surface area contributed by atoms with E-state index in [0.717, 1.165) is 22.3 Å². The van der Waals surface area contributed by atoms with E-state index in [1.54, 1.807) is 12.1 Å². The number of nitrogens with zero attached hydrogens (tertiary/aromatic N) is 2. The highest BCUT2D eigenvalue weighted by atomic mass is 127. The van der Waals surface area contributed by atoms with Gasteiger partial charge in [0.1, 0.15) is 10.8 Å². The Morgan fingerprint density at radius 1 is 1.27 bits per heavy atom. The second-order valence-electron chi connectivity index (χ2n) is 6.13. The fraction of sp³-hybridized carbons (Fsp3) is 0.389. The number of hydrogen-bond acceptors (Lipinski definition) is 4. The van der Waals surface area contributed by atoms with E-state index in [2.05, 4.69) is 20.6 Å². The van der Waals surface area contributed by atoms with Crippen molar-refractivity contribution < 1.29 is 22.4 Å². The minimum atomic E-state index is -4.49. The van der Waals surface area contributed by atoms with Crippen LogP contribution < -0.4 is 16.4 Å². The molecule has 1 aromatic heterocycles. The first-order chi connectivity index (χ1) is 13.7. The quantitative estimate of drug-likeness (QED) is 0.200. The molecule has 0 aliphatic rings. The third kappa shape index (κ3) is 8.42. The first-order valence-electron chi connectivity index (χ1n) is 8.76. The van der Waals surface area contributed by atoms with Gasteiger partial charge < -0.3 is 16.4 Å². The molecule has 0 aliphatic carbocycles. The number of hydrogen-bond donors (Lipinski definition) is 3. The monoisotopic (exact) mass is 559 g/mol. The summed E-state index contributed by atoms with van der Waals surface area (Å²) in [6.07, 6.45) is -4.18. The molecule has 1 amide bonds. The number of amides is 1. The zero-order valence-electron chi connectivity index (χ0n) is 16.0. The maximum Gasteiger partial charge on any atom is 0.434 e. The highest BCUT2D eigenvalue weighted by Crippen LogP contribution is 2.30. The molecule has 30 heavy (non-hydrogen) atoms. The first kappa shape index (κ1) is 26.1. The van der Waals surface area contributed by atoms with E-state index in [0.29, 0.717) is 18.9 Å². The molecular weight excluding hydrogens is 537 g/mol. The number of carbonyl (C=O) groups excluding carboxylic acids is 1. The molecule has 1 unspecified atom stereocenters. The summed E-state index contributed by atoms with van der Waals surface area (Å²) in [6, 6.07) is 5.75. The van der Waals surface area contributed by atoms with Crippen molar-refractivity contribution in [2.24, 2.45) is 16.6 Å². The summed E-state index contributed by atoms with van der Waals surface area (Å²) in [5.41, 5.74) is 5.26. The van der Waals surface area contributed by atoms with Crippen LogP contribution in [0.5, 0.6) is 0 Å². The van der Waals surface area contributed by atoms with Crippen molar-refractivity contribution in [3.05, 3.63) is 51.7 Å². The molecule has 6 nitrogen and oxygen atoms in total. The van der Waals surface area contributed by atoms with Gasteiger partial charge in [-0.15, -0.1) is 35.3 Å². The predicted octanol–water partition coefficient (Wildman–Crippen LogP) is 3.32. The number of halogens is 5. The van der Waals surface area contributed by atoms with E-state index in [1.807, 2.05) is 6.92 Å². The normalized spacial score (nSPS) is 12.8. The van der Waals surface area contributed by atoms with Crippen LogP contribution in [0.25, 0.3) is 0 Å². The number of alkyl halides is 3. The van der Waals surface area contributed by atoms with Crippen LogP contribution in [0.4, 0.5) is 17.6 Å². The number of guanidine groups is 1. The van der Waals surface area contributed by atoms with Crippen LogP contribution in [0.1, 0.15) is 23.2 Å². The topological polar surface area (TPSA) is 92.4 Å². The van der Waals surface area contributed by atoms with Gasteiger partial charge in [-0.3, -0.25) is 4.79 Å². The maximum atomic E-state index is 13.0. The fourth-order valence-corrected chi connectivity index (χ4v) is 3.12. The lowest BCUT2D eigenvalue weighted by molar-refractivity contribution is -0.140. The summed E-state index contributed by atoms with van der Waals surface area (Å²) < 4.78 is 50.9. The Bertz CT molecular complexity index is 842. The summed E-state index contributed by atoms with van der Waals surface area (Å²) in [5, 5.41) is 7.06. The zero-order valence-corrected chi connectivity index (χ0v) is 19.1. The van der Waals surface area contributed by atoms with Gasteiger partial charge in [0, 0.05) is 18.5 Å². The van der Waals surface area contributed by atoms with Gasteiger partial charge >= 0.3 is 6.18 Å². The molecule has 0 radical (unpaired) electrons. The minimum Gasteiger partial charge on any atom is -0.369 e. The van der Waals surface area contributed by atoms with E-state index in [9.17, 15) is 22.4 Å². The molecule has 12 heteroatoms. The molecule has 0 aliphatic heterocycles. The number of aromatic nitrogens is 1. The fourth-order valence-electron chi connectivity index (χ4n) is 2.40. The van der Waals surface area contributed by atoms with E-state index in [4.69, 9.17) is 5.73 Å². The Labute approximate surface area is 192 Å². The molecule has 1 aromatic carbocycles. The average Bonchev–Trinajstić information content (AvgIpc) is 3.13. The summed E-state index contributed by atoms with van der Waals surface area (Å²) in [6.45, 7) is 2.45. The van der Waals surface area contributed by atoms with Crippen molar-refractivity contribution in [2.45, 2.75) is 26.1 Å². The number of benzene rings is 1. The highest BCUT2D eigenvalue weighted by Gasteiger charge is 2.33. The van der Waals surface area contributed by atoms with Crippen molar-refractivity contribution in [3.63, 3.8) is 0 Å². The van der Waals surface area contributed by atoms with Crippen molar-refractivity contribution in [1.29, 1.82) is 0 Å². The van der Waals surface area contributed by atoms with Crippen LogP contribution in [0.15, 0.2) is 34.6 Å². The van der Waals surface area contributed by atoms with Crippen LogP contribution in [0.2, 0.25) is 0 Å². The van der Waals surface area contributed by atoms with Crippen molar-refractivity contribution >= 4 is 47.2 Å². The Balaban J connectivity index is 0.00000450. The number of nitrogens with two attached hydrogens (primary N) is 1. The van der Waals surface area contributed by atoms with Crippen LogP contribution in [0, 0.1) is 11.7 Å². The Hall–Kier alpha value is -1.96. The van der Waals surface area contributed by atoms with Gasteiger partial charge in [0.15, 0.2) is 11.7 Å². The van der Waals surface area contributed by atoms with Crippen molar-refractivity contribution in [2.75, 3.05) is 13.1 Å². The number of carbonyl (C=O) groups is 1. The van der Waals surface area contributed by atoms with Gasteiger partial charge in [0.05, 0.1) is 12.5 Å². The largest absolute Gasteiger partial charge is 0.434 e. The zero-order chi connectivity index (χ0) is 21.4. The van der Waals surface area contributed by atoms with E-state index < -0.39 is 23.7 Å². The second-order valence-corrected chi connectivity index (χ2v) is 7.07. The average molecular weight is 559 g/mol. The van der Waals surface area contributed by atoms with Crippen molar-refractivity contribution in [1.82, 2.24) is 15.6 Å². The number of thiazole rings is 1. The summed E-state index contributed by atoms with van der Waals surface area (Å²) in [5.74, 6) is -1.17. The maximum absolute atomic E-state index is 13.0. The highest BCUT2D eigenvalue weighted by molar-refractivity contribution is 14.0. The van der Waals surface area contributed by atoms with Crippen molar-refractivity contribution in [3.8, 4) is 0 Å². The molecule has 0 saturated carbocycles.